The molecule has 1 atom stereocenters. The monoisotopic (exact) mass is 366 g/mol. The van der Waals surface area contributed by atoms with Gasteiger partial charge in [-0.3, -0.25) is 9.59 Å². The molecule has 1 N–H and O–H groups in total. The van der Waals surface area contributed by atoms with Crippen molar-refractivity contribution in [2.24, 2.45) is 5.92 Å². The summed E-state index contributed by atoms with van der Waals surface area (Å²) in [4.78, 5) is 26.1. The van der Waals surface area contributed by atoms with Crippen molar-refractivity contribution in [3.63, 3.8) is 0 Å². The maximum Gasteiger partial charge on any atom is 0.229 e. The Bertz CT molecular complexity index is 813. The molecule has 2 amide bonds. The molecule has 1 heterocycles. The topological polar surface area (TPSA) is 49.4 Å². The Balaban J connectivity index is 1.70. The lowest BCUT2D eigenvalue weighted by molar-refractivity contribution is -0.122. The Labute approximate surface area is 148 Å². The van der Waals surface area contributed by atoms with Crippen molar-refractivity contribution >= 4 is 46.4 Å². The molecule has 2 aromatic carbocycles. The summed E-state index contributed by atoms with van der Waals surface area (Å²) in [6.45, 7) is 0.264. The van der Waals surface area contributed by atoms with Crippen LogP contribution in [0.5, 0.6) is 0 Å². The van der Waals surface area contributed by atoms with E-state index in [9.17, 15) is 14.0 Å². The van der Waals surface area contributed by atoms with Gasteiger partial charge in [0.05, 0.1) is 10.9 Å². The zero-order chi connectivity index (χ0) is 17.3. The largest absolute Gasteiger partial charge is 0.326 e. The summed E-state index contributed by atoms with van der Waals surface area (Å²) in [6.07, 6.45) is 0.104. The number of hydrogen-bond donors (Lipinski definition) is 1. The van der Waals surface area contributed by atoms with Gasteiger partial charge in [-0.05, 0) is 36.4 Å². The second-order valence-electron chi connectivity index (χ2n) is 5.50. The molecule has 7 heteroatoms. The van der Waals surface area contributed by atoms with Crippen LogP contribution in [0.3, 0.4) is 0 Å². The van der Waals surface area contributed by atoms with Crippen molar-refractivity contribution in [1.29, 1.82) is 0 Å². The summed E-state index contributed by atoms with van der Waals surface area (Å²) in [5.74, 6) is -1.51. The number of hydrogen-bond acceptors (Lipinski definition) is 2. The number of nitrogens with one attached hydrogen (secondary N) is 1. The van der Waals surface area contributed by atoms with E-state index in [0.717, 1.165) is 0 Å². The fourth-order valence-electron chi connectivity index (χ4n) is 2.59. The number of carbonyl (C=O) groups excluding carboxylic acids is 2. The summed E-state index contributed by atoms with van der Waals surface area (Å²) in [7, 11) is 0. The number of carbonyl (C=O) groups is 2. The van der Waals surface area contributed by atoms with Gasteiger partial charge in [-0.25, -0.2) is 4.39 Å². The zero-order valence-electron chi connectivity index (χ0n) is 12.4. The first-order chi connectivity index (χ1) is 11.4. The van der Waals surface area contributed by atoms with Crippen LogP contribution in [0.2, 0.25) is 10.0 Å². The molecule has 2 aromatic rings. The Morgan fingerprint density at radius 3 is 2.71 bits per heavy atom. The maximum absolute atomic E-state index is 13.2. The Morgan fingerprint density at radius 1 is 1.21 bits per heavy atom. The van der Waals surface area contributed by atoms with Gasteiger partial charge in [0, 0.05) is 29.4 Å². The van der Waals surface area contributed by atoms with Crippen molar-refractivity contribution in [1.82, 2.24) is 0 Å². The summed E-state index contributed by atoms with van der Waals surface area (Å²) < 4.78 is 13.2. The molecule has 1 aliphatic rings. The van der Waals surface area contributed by atoms with E-state index >= 15 is 0 Å². The van der Waals surface area contributed by atoms with Crippen molar-refractivity contribution in [3.05, 3.63) is 58.3 Å². The molecule has 3 rings (SSSR count). The summed E-state index contributed by atoms with van der Waals surface area (Å²) >= 11 is 11.6. The lowest BCUT2D eigenvalue weighted by Gasteiger charge is -2.17. The second-order valence-corrected chi connectivity index (χ2v) is 6.35. The lowest BCUT2D eigenvalue weighted by atomic mass is 10.1. The summed E-state index contributed by atoms with van der Waals surface area (Å²) in [5, 5.41) is 3.11. The zero-order valence-corrected chi connectivity index (χ0v) is 13.9. The van der Waals surface area contributed by atoms with Gasteiger partial charge in [-0.2, -0.15) is 0 Å². The molecule has 0 spiro atoms. The standard InChI is InChI=1S/C17H13Cl2FN2O2/c18-11-2-1-3-13(7-11)22-9-10(6-16(22)23)17(24)21-12-4-5-15(20)14(19)8-12/h1-5,7-8,10H,6,9H2,(H,21,24)/t10-/m0/s1. The van der Waals surface area contributed by atoms with Gasteiger partial charge in [-0.1, -0.05) is 29.3 Å². The van der Waals surface area contributed by atoms with E-state index in [1.807, 2.05) is 0 Å². The van der Waals surface area contributed by atoms with Crippen molar-refractivity contribution in [2.45, 2.75) is 6.42 Å². The first-order valence-electron chi connectivity index (χ1n) is 7.26. The number of rotatable bonds is 3. The predicted octanol–water partition coefficient (Wildman–Crippen LogP) is 4.12. The van der Waals surface area contributed by atoms with E-state index in [-0.39, 0.29) is 29.8 Å². The molecule has 1 saturated heterocycles. The minimum Gasteiger partial charge on any atom is -0.326 e. The molecule has 1 aliphatic heterocycles. The number of halogens is 3. The Morgan fingerprint density at radius 2 is 2.00 bits per heavy atom. The van der Waals surface area contributed by atoms with Gasteiger partial charge in [0.15, 0.2) is 0 Å². The highest BCUT2D eigenvalue weighted by molar-refractivity contribution is 6.31. The second kappa shape index (κ2) is 6.79. The van der Waals surface area contributed by atoms with Crippen LogP contribution in [-0.4, -0.2) is 18.4 Å². The molecule has 0 saturated carbocycles. The lowest BCUT2D eigenvalue weighted by Crippen LogP contribution is -2.28. The SMILES string of the molecule is O=C(Nc1ccc(F)c(Cl)c1)[C@H]1CC(=O)N(c2cccc(Cl)c2)C1. The molecular weight excluding hydrogens is 354 g/mol. The fraction of sp³-hybridized carbons (Fsp3) is 0.176. The molecule has 0 aliphatic carbocycles. The molecule has 0 radical (unpaired) electrons. The van der Waals surface area contributed by atoms with Crippen LogP contribution in [-0.2, 0) is 9.59 Å². The van der Waals surface area contributed by atoms with Crippen molar-refractivity contribution < 1.29 is 14.0 Å². The van der Waals surface area contributed by atoms with Crippen molar-refractivity contribution in [2.75, 3.05) is 16.8 Å². The fourth-order valence-corrected chi connectivity index (χ4v) is 2.96. The van der Waals surface area contributed by atoms with E-state index in [4.69, 9.17) is 23.2 Å². The number of amides is 2. The third-order valence-electron chi connectivity index (χ3n) is 3.80. The minimum atomic E-state index is -0.558. The van der Waals surface area contributed by atoms with Crippen LogP contribution in [0, 0.1) is 11.7 Å². The third kappa shape index (κ3) is 3.52. The highest BCUT2D eigenvalue weighted by Crippen LogP contribution is 2.28. The summed E-state index contributed by atoms with van der Waals surface area (Å²) in [5.41, 5.74) is 1.05. The maximum atomic E-state index is 13.2. The highest BCUT2D eigenvalue weighted by atomic mass is 35.5. The van der Waals surface area contributed by atoms with Gasteiger partial charge in [0.25, 0.3) is 0 Å². The van der Waals surface area contributed by atoms with Gasteiger partial charge >= 0.3 is 0 Å². The quantitative estimate of drug-likeness (QED) is 0.887. The van der Waals surface area contributed by atoms with E-state index < -0.39 is 11.7 Å². The van der Waals surface area contributed by atoms with E-state index in [1.165, 1.54) is 23.1 Å². The molecule has 0 unspecified atom stereocenters. The number of nitrogens with zero attached hydrogens (tertiary/aromatic N) is 1. The molecule has 0 bridgehead atoms. The molecule has 1 fully saturated rings. The smallest absolute Gasteiger partial charge is 0.229 e. The van der Waals surface area contributed by atoms with Gasteiger partial charge in [0.2, 0.25) is 11.8 Å². The molecule has 0 aromatic heterocycles. The molecule has 24 heavy (non-hydrogen) atoms. The normalized spacial score (nSPS) is 17.2. The van der Waals surface area contributed by atoms with Gasteiger partial charge < -0.3 is 10.2 Å². The summed E-state index contributed by atoms with van der Waals surface area (Å²) in [6, 6.07) is 10.8. The number of benzene rings is 2. The van der Waals surface area contributed by atoms with Crippen LogP contribution >= 0.6 is 23.2 Å². The molecule has 4 nitrogen and oxygen atoms in total. The number of anilines is 2. The van der Waals surface area contributed by atoms with Crippen LogP contribution in [0.15, 0.2) is 42.5 Å². The highest BCUT2D eigenvalue weighted by Gasteiger charge is 2.35. The minimum absolute atomic E-state index is 0.0733. The van der Waals surface area contributed by atoms with Gasteiger partial charge in [0.1, 0.15) is 5.82 Å². The van der Waals surface area contributed by atoms with Crippen LogP contribution in [0.25, 0.3) is 0 Å². The van der Waals surface area contributed by atoms with E-state index in [0.29, 0.717) is 16.4 Å². The first-order valence-corrected chi connectivity index (χ1v) is 8.01. The van der Waals surface area contributed by atoms with Gasteiger partial charge in [-0.15, -0.1) is 0 Å². The van der Waals surface area contributed by atoms with Crippen LogP contribution in [0.4, 0.5) is 15.8 Å². The van der Waals surface area contributed by atoms with E-state index in [2.05, 4.69) is 5.32 Å². The van der Waals surface area contributed by atoms with Crippen LogP contribution in [0.1, 0.15) is 6.42 Å². The average molecular weight is 367 g/mol. The average Bonchev–Trinajstić information content (AvgIpc) is 2.93. The van der Waals surface area contributed by atoms with E-state index in [1.54, 1.807) is 24.3 Å². The Kier molecular flexibility index (Phi) is 4.73. The molecule has 124 valence electrons. The Hall–Kier alpha value is -2.11. The first kappa shape index (κ1) is 16.7. The molecular formula is C17H13Cl2FN2O2. The van der Waals surface area contributed by atoms with Crippen LogP contribution < -0.4 is 10.2 Å². The predicted molar refractivity (Wildman–Crippen MR) is 92.0 cm³/mol. The van der Waals surface area contributed by atoms with Crippen molar-refractivity contribution in [3.8, 4) is 0 Å². The third-order valence-corrected chi connectivity index (χ3v) is 4.33.